The minimum atomic E-state index is 0.305. The molecule has 0 unspecified atom stereocenters. The molecule has 2 aromatic rings. The molecule has 0 aromatic carbocycles. The number of rotatable bonds is 4. The van der Waals surface area contributed by atoms with Gasteiger partial charge in [-0.05, 0) is 28.8 Å². The lowest BCUT2D eigenvalue weighted by Gasteiger charge is -2.07. The number of hydrogen-bond donors (Lipinski definition) is 1. The van der Waals surface area contributed by atoms with Crippen molar-refractivity contribution in [3.63, 3.8) is 0 Å². The predicted octanol–water partition coefficient (Wildman–Crippen LogP) is 3.12. The van der Waals surface area contributed by atoms with Crippen LogP contribution in [0.15, 0.2) is 17.0 Å². The van der Waals surface area contributed by atoms with Gasteiger partial charge in [0.15, 0.2) is 5.82 Å². The average Bonchev–Trinajstić information content (AvgIpc) is 2.74. The van der Waals surface area contributed by atoms with Crippen LogP contribution in [0.1, 0.15) is 11.1 Å². The molecule has 0 aliphatic rings. The van der Waals surface area contributed by atoms with Crippen molar-refractivity contribution in [2.24, 2.45) is 0 Å². The third-order valence-corrected chi connectivity index (χ3v) is 3.50. The van der Waals surface area contributed by atoms with Crippen LogP contribution in [0.25, 0.3) is 0 Å². The number of hydrogen-bond acceptors (Lipinski definition) is 5. The molecule has 0 fully saturated rings. The summed E-state index contributed by atoms with van der Waals surface area (Å²) in [4.78, 5) is 8.06. The van der Waals surface area contributed by atoms with Gasteiger partial charge in [-0.2, -0.15) is 16.3 Å². The van der Waals surface area contributed by atoms with Crippen molar-refractivity contribution in [2.75, 3.05) is 12.4 Å². The number of anilines is 1. The van der Waals surface area contributed by atoms with E-state index in [1.54, 1.807) is 11.3 Å². The van der Waals surface area contributed by atoms with E-state index in [4.69, 9.17) is 16.3 Å². The second-order valence-electron chi connectivity index (χ2n) is 3.49. The second-order valence-corrected chi connectivity index (χ2v) is 4.64. The lowest BCUT2D eigenvalue weighted by Crippen LogP contribution is -2.04. The largest absolute Gasteiger partial charge is 0.467 e. The van der Waals surface area contributed by atoms with Gasteiger partial charge in [-0.15, -0.1) is 0 Å². The van der Waals surface area contributed by atoms with Crippen LogP contribution < -0.4 is 10.1 Å². The van der Waals surface area contributed by atoms with E-state index in [-0.39, 0.29) is 0 Å². The summed E-state index contributed by atoms with van der Waals surface area (Å²) in [6.07, 6.45) is 1.52. The summed E-state index contributed by atoms with van der Waals surface area (Å²) < 4.78 is 4.95. The van der Waals surface area contributed by atoms with Gasteiger partial charge in [0.05, 0.1) is 13.3 Å². The molecule has 1 N–H and O–H groups in total. The van der Waals surface area contributed by atoms with Gasteiger partial charge in [0.1, 0.15) is 5.02 Å². The highest BCUT2D eigenvalue weighted by Crippen LogP contribution is 2.22. The Morgan fingerprint density at radius 1 is 1.47 bits per heavy atom. The summed E-state index contributed by atoms with van der Waals surface area (Å²) in [5, 5.41) is 7.88. The van der Waals surface area contributed by atoms with Crippen LogP contribution in [0.4, 0.5) is 5.82 Å². The number of thiophene rings is 1. The number of aromatic nitrogens is 2. The molecule has 0 spiro atoms. The van der Waals surface area contributed by atoms with Crippen molar-refractivity contribution in [3.05, 3.63) is 33.1 Å². The van der Waals surface area contributed by atoms with Gasteiger partial charge < -0.3 is 10.1 Å². The highest BCUT2D eigenvalue weighted by molar-refractivity contribution is 7.08. The quantitative estimate of drug-likeness (QED) is 0.926. The fourth-order valence-electron chi connectivity index (χ4n) is 1.32. The van der Waals surface area contributed by atoms with Crippen molar-refractivity contribution in [1.82, 2.24) is 9.97 Å². The zero-order valence-electron chi connectivity index (χ0n) is 9.53. The topological polar surface area (TPSA) is 47.0 Å². The Kier molecular flexibility index (Phi) is 3.81. The van der Waals surface area contributed by atoms with E-state index >= 15 is 0 Å². The Morgan fingerprint density at radius 2 is 2.29 bits per heavy atom. The summed E-state index contributed by atoms with van der Waals surface area (Å²) >= 11 is 7.68. The third kappa shape index (κ3) is 2.87. The van der Waals surface area contributed by atoms with Gasteiger partial charge in [-0.25, -0.2) is 4.98 Å². The highest BCUT2D eigenvalue weighted by atomic mass is 35.5. The number of ether oxygens (including phenoxy) is 1. The molecule has 2 rings (SSSR count). The van der Waals surface area contributed by atoms with Crippen molar-refractivity contribution < 1.29 is 4.74 Å². The van der Waals surface area contributed by atoms with E-state index in [1.165, 1.54) is 24.4 Å². The normalized spacial score (nSPS) is 10.3. The van der Waals surface area contributed by atoms with E-state index in [9.17, 15) is 0 Å². The van der Waals surface area contributed by atoms with Gasteiger partial charge in [-0.1, -0.05) is 11.6 Å². The standard InChI is InChI=1S/C11H12ClN3OS/c1-7-5-17-6-8(7)3-13-10-9(12)4-14-11(15-10)16-2/h4-6H,3H2,1-2H3,(H,13,14,15). The number of aryl methyl sites for hydroxylation is 1. The number of nitrogens with one attached hydrogen (secondary N) is 1. The Bertz CT molecular complexity index is 515. The molecule has 2 heterocycles. The van der Waals surface area contributed by atoms with Gasteiger partial charge in [-0.3, -0.25) is 0 Å². The van der Waals surface area contributed by atoms with E-state index < -0.39 is 0 Å². The molecule has 0 bridgehead atoms. The van der Waals surface area contributed by atoms with Gasteiger partial charge in [0.2, 0.25) is 0 Å². The van der Waals surface area contributed by atoms with Crippen molar-refractivity contribution >= 4 is 28.8 Å². The molecule has 0 radical (unpaired) electrons. The van der Waals surface area contributed by atoms with E-state index in [2.05, 4.69) is 33.0 Å². The van der Waals surface area contributed by atoms with Crippen LogP contribution in [-0.2, 0) is 6.54 Å². The first-order chi connectivity index (χ1) is 8.20. The molecule has 2 aromatic heterocycles. The van der Waals surface area contributed by atoms with Crippen LogP contribution in [0.5, 0.6) is 6.01 Å². The lowest BCUT2D eigenvalue weighted by atomic mass is 10.2. The SMILES string of the molecule is COc1ncc(Cl)c(NCc2cscc2C)n1. The average molecular weight is 270 g/mol. The Balaban J connectivity index is 2.11. The van der Waals surface area contributed by atoms with Crippen LogP contribution >= 0.6 is 22.9 Å². The van der Waals surface area contributed by atoms with Gasteiger partial charge in [0.25, 0.3) is 0 Å². The zero-order chi connectivity index (χ0) is 12.3. The first-order valence-electron chi connectivity index (χ1n) is 5.02. The van der Waals surface area contributed by atoms with Crippen molar-refractivity contribution in [2.45, 2.75) is 13.5 Å². The molecule has 0 aliphatic heterocycles. The molecule has 90 valence electrons. The Hall–Kier alpha value is -1.33. The number of methoxy groups -OCH3 is 1. The number of halogens is 1. The second kappa shape index (κ2) is 5.33. The van der Waals surface area contributed by atoms with Crippen LogP contribution in [0, 0.1) is 6.92 Å². The third-order valence-electron chi connectivity index (χ3n) is 2.31. The maximum absolute atomic E-state index is 5.99. The highest BCUT2D eigenvalue weighted by Gasteiger charge is 2.06. The van der Waals surface area contributed by atoms with Crippen molar-refractivity contribution in [3.8, 4) is 6.01 Å². The Labute approximate surface area is 109 Å². The summed E-state index contributed by atoms with van der Waals surface area (Å²) in [7, 11) is 1.52. The predicted molar refractivity (Wildman–Crippen MR) is 70.0 cm³/mol. The molecular weight excluding hydrogens is 258 g/mol. The summed E-state index contributed by atoms with van der Waals surface area (Å²) in [5.74, 6) is 0.587. The van der Waals surface area contributed by atoms with Gasteiger partial charge in [0, 0.05) is 6.54 Å². The number of nitrogens with zero attached hydrogens (tertiary/aromatic N) is 2. The molecule has 6 heteroatoms. The van der Waals surface area contributed by atoms with Crippen LogP contribution in [0.2, 0.25) is 5.02 Å². The minimum Gasteiger partial charge on any atom is -0.467 e. The zero-order valence-corrected chi connectivity index (χ0v) is 11.1. The fraction of sp³-hybridized carbons (Fsp3) is 0.273. The van der Waals surface area contributed by atoms with Crippen molar-refractivity contribution in [1.29, 1.82) is 0 Å². The lowest BCUT2D eigenvalue weighted by molar-refractivity contribution is 0.380. The molecule has 0 saturated carbocycles. The maximum atomic E-state index is 5.99. The van der Waals surface area contributed by atoms with Gasteiger partial charge >= 0.3 is 6.01 Å². The van der Waals surface area contributed by atoms with E-state index in [0.717, 1.165) is 0 Å². The fourth-order valence-corrected chi connectivity index (χ4v) is 2.34. The molecular formula is C11H12ClN3OS. The van der Waals surface area contributed by atoms with E-state index in [1.807, 2.05) is 0 Å². The molecule has 4 nitrogen and oxygen atoms in total. The molecule has 0 amide bonds. The Morgan fingerprint density at radius 3 is 2.94 bits per heavy atom. The van der Waals surface area contributed by atoms with Crippen LogP contribution in [-0.4, -0.2) is 17.1 Å². The summed E-state index contributed by atoms with van der Waals surface area (Å²) in [6, 6.07) is 0.305. The maximum Gasteiger partial charge on any atom is 0.318 e. The first kappa shape index (κ1) is 12.1. The summed E-state index contributed by atoms with van der Waals surface area (Å²) in [5.41, 5.74) is 2.50. The van der Waals surface area contributed by atoms with E-state index in [0.29, 0.717) is 23.4 Å². The summed E-state index contributed by atoms with van der Waals surface area (Å²) in [6.45, 7) is 2.77. The van der Waals surface area contributed by atoms with Crippen LogP contribution in [0.3, 0.4) is 0 Å². The molecule has 17 heavy (non-hydrogen) atoms. The minimum absolute atomic E-state index is 0.305. The molecule has 0 atom stereocenters. The molecule has 0 saturated heterocycles. The smallest absolute Gasteiger partial charge is 0.318 e. The molecule has 0 aliphatic carbocycles. The monoisotopic (exact) mass is 269 g/mol. The first-order valence-corrected chi connectivity index (χ1v) is 6.35.